The Kier molecular flexibility index (Phi) is 8.68. The molecule has 0 radical (unpaired) electrons. The second-order valence-corrected chi connectivity index (χ2v) is 8.15. The van der Waals surface area contributed by atoms with Crippen molar-refractivity contribution in [2.24, 2.45) is 0 Å². The summed E-state index contributed by atoms with van der Waals surface area (Å²) in [7, 11) is 1.52. The fraction of sp³-hybridized carbons (Fsp3) is 0.0800. The van der Waals surface area contributed by atoms with E-state index >= 15 is 0 Å². The Morgan fingerprint density at radius 1 is 1.06 bits per heavy atom. The molecule has 172 valence electrons. The molecule has 0 unspecified atom stereocenters. The van der Waals surface area contributed by atoms with Crippen LogP contribution in [0.15, 0.2) is 76.8 Å². The summed E-state index contributed by atoms with van der Waals surface area (Å²) in [5.41, 5.74) is 1.53. The van der Waals surface area contributed by atoms with Crippen LogP contribution in [0, 0.1) is 11.3 Å². The zero-order chi connectivity index (χ0) is 24.5. The molecule has 0 aliphatic carbocycles. The van der Waals surface area contributed by atoms with Crippen LogP contribution < -0.4 is 20.1 Å². The molecule has 0 saturated carbocycles. The maximum absolute atomic E-state index is 12.4. The van der Waals surface area contributed by atoms with Gasteiger partial charge < -0.3 is 20.1 Å². The van der Waals surface area contributed by atoms with E-state index in [1.165, 1.54) is 13.2 Å². The Bertz CT molecular complexity index is 1290. The largest absolute Gasteiger partial charge is 0.495 e. The number of amides is 2. The van der Waals surface area contributed by atoms with Crippen molar-refractivity contribution in [3.63, 3.8) is 0 Å². The Hall–Kier alpha value is -3.80. The van der Waals surface area contributed by atoms with Crippen molar-refractivity contribution in [3.05, 3.63) is 87.4 Å². The first kappa shape index (κ1) is 24.8. The summed E-state index contributed by atoms with van der Waals surface area (Å²) in [4.78, 5) is 24.7. The second-order valence-electron chi connectivity index (χ2n) is 6.86. The van der Waals surface area contributed by atoms with Crippen LogP contribution in [0.3, 0.4) is 0 Å². The maximum atomic E-state index is 12.4. The standard InChI is InChI=1S/C25H19BrClN3O4/c1-33-23-8-3-2-7-21(23)30-24(31)15-34-22-10-9-16(12-20(22)26)11-17(14-28)25(32)29-19-6-4-5-18(27)13-19/h2-13H,15H2,1H3,(H,29,32)(H,30,31)/b17-11-. The van der Waals surface area contributed by atoms with Gasteiger partial charge in [-0.1, -0.05) is 35.9 Å². The molecule has 9 heteroatoms. The number of nitriles is 1. The van der Waals surface area contributed by atoms with Gasteiger partial charge in [0.25, 0.3) is 11.8 Å². The van der Waals surface area contributed by atoms with Gasteiger partial charge in [0.15, 0.2) is 6.61 Å². The van der Waals surface area contributed by atoms with E-state index in [9.17, 15) is 14.9 Å². The van der Waals surface area contributed by atoms with E-state index in [0.29, 0.717) is 37.9 Å². The van der Waals surface area contributed by atoms with Gasteiger partial charge in [-0.05, 0) is 70.0 Å². The molecular weight excluding hydrogens is 522 g/mol. The minimum Gasteiger partial charge on any atom is -0.495 e. The number of nitrogens with zero attached hydrogens (tertiary/aromatic N) is 1. The van der Waals surface area contributed by atoms with Crippen LogP contribution in [0.2, 0.25) is 5.02 Å². The number of ether oxygens (including phenoxy) is 2. The fourth-order valence-electron chi connectivity index (χ4n) is 2.88. The number of nitrogens with one attached hydrogen (secondary N) is 2. The number of carbonyl (C=O) groups excluding carboxylic acids is 2. The van der Waals surface area contributed by atoms with Crippen LogP contribution in [0.1, 0.15) is 5.56 Å². The number of anilines is 2. The van der Waals surface area contributed by atoms with Crippen LogP contribution in [-0.4, -0.2) is 25.5 Å². The summed E-state index contributed by atoms with van der Waals surface area (Å²) in [6.45, 7) is -0.225. The van der Waals surface area contributed by atoms with Gasteiger partial charge in [-0.15, -0.1) is 0 Å². The van der Waals surface area contributed by atoms with Crippen LogP contribution in [0.25, 0.3) is 6.08 Å². The highest BCUT2D eigenvalue weighted by Crippen LogP contribution is 2.28. The van der Waals surface area contributed by atoms with Gasteiger partial charge in [-0.2, -0.15) is 5.26 Å². The van der Waals surface area contributed by atoms with Gasteiger partial charge in [0.1, 0.15) is 23.1 Å². The van der Waals surface area contributed by atoms with Crippen molar-refractivity contribution in [1.29, 1.82) is 5.26 Å². The molecule has 3 rings (SSSR count). The summed E-state index contributed by atoms with van der Waals surface area (Å²) in [6.07, 6.45) is 1.45. The lowest BCUT2D eigenvalue weighted by atomic mass is 10.1. The zero-order valence-corrected chi connectivity index (χ0v) is 20.3. The molecule has 0 aliphatic rings. The van der Waals surface area contributed by atoms with Crippen molar-refractivity contribution in [3.8, 4) is 17.6 Å². The number of rotatable bonds is 8. The number of hydrogen-bond acceptors (Lipinski definition) is 5. The summed E-state index contributed by atoms with van der Waals surface area (Å²) in [6, 6.07) is 20.6. The highest BCUT2D eigenvalue weighted by atomic mass is 79.9. The number of carbonyl (C=O) groups is 2. The van der Waals surface area contributed by atoms with Crippen molar-refractivity contribution >= 4 is 56.8 Å². The van der Waals surface area contributed by atoms with E-state index in [4.69, 9.17) is 21.1 Å². The highest BCUT2D eigenvalue weighted by molar-refractivity contribution is 9.10. The highest BCUT2D eigenvalue weighted by Gasteiger charge is 2.12. The van der Waals surface area contributed by atoms with E-state index in [0.717, 1.165) is 0 Å². The minimum absolute atomic E-state index is 0.0864. The van der Waals surface area contributed by atoms with Gasteiger partial charge in [0.2, 0.25) is 0 Å². The van der Waals surface area contributed by atoms with Gasteiger partial charge in [0, 0.05) is 10.7 Å². The summed E-state index contributed by atoms with van der Waals surface area (Å²) < 4.78 is 11.4. The normalized spacial score (nSPS) is 10.7. The molecule has 2 amide bonds. The van der Waals surface area contributed by atoms with E-state index in [1.807, 2.05) is 6.07 Å². The van der Waals surface area contributed by atoms with Crippen LogP contribution in [0.4, 0.5) is 11.4 Å². The first-order chi connectivity index (χ1) is 16.4. The van der Waals surface area contributed by atoms with Crippen molar-refractivity contribution in [2.75, 3.05) is 24.4 Å². The molecule has 0 heterocycles. The van der Waals surface area contributed by atoms with E-state index in [1.54, 1.807) is 66.7 Å². The number of para-hydroxylation sites is 2. The molecule has 3 aromatic carbocycles. The smallest absolute Gasteiger partial charge is 0.266 e. The Morgan fingerprint density at radius 3 is 2.56 bits per heavy atom. The molecule has 0 saturated heterocycles. The third-order valence-electron chi connectivity index (χ3n) is 4.45. The number of benzene rings is 3. The Balaban J connectivity index is 1.64. The molecule has 0 bridgehead atoms. The molecule has 7 nitrogen and oxygen atoms in total. The van der Waals surface area contributed by atoms with Gasteiger partial charge in [-0.25, -0.2) is 0 Å². The predicted octanol–water partition coefficient (Wildman–Crippen LogP) is 5.67. The second kappa shape index (κ2) is 11.9. The van der Waals surface area contributed by atoms with E-state index < -0.39 is 5.91 Å². The summed E-state index contributed by atoms with van der Waals surface area (Å²) >= 11 is 9.32. The number of halogens is 2. The molecular formula is C25H19BrClN3O4. The fourth-order valence-corrected chi connectivity index (χ4v) is 3.58. The summed E-state index contributed by atoms with van der Waals surface area (Å²) in [5, 5.41) is 15.3. The molecule has 0 aromatic heterocycles. The first-order valence-electron chi connectivity index (χ1n) is 9.93. The third-order valence-corrected chi connectivity index (χ3v) is 5.31. The van der Waals surface area contributed by atoms with Gasteiger partial charge >= 0.3 is 0 Å². The zero-order valence-electron chi connectivity index (χ0n) is 18.0. The average molecular weight is 541 g/mol. The lowest BCUT2D eigenvalue weighted by molar-refractivity contribution is -0.118. The SMILES string of the molecule is COc1ccccc1NC(=O)COc1ccc(/C=C(/C#N)C(=O)Nc2cccc(Cl)c2)cc1Br. The number of methoxy groups -OCH3 is 1. The topological polar surface area (TPSA) is 100 Å². The van der Waals surface area contributed by atoms with Crippen molar-refractivity contribution in [2.45, 2.75) is 0 Å². The van der Waals surface area contributed by atoms with Crippen LogP contribution in [0.5, 0.6) is 11.5 Å². The quantitative estimate of drug-likeness (QED) is 0.283. The van der Waals surface area contributed by atoms with Crippen LogP contribution >= 0.6 is 27.5 Å². The lowest BCUT2D eigenvalue weighted by Gasteiger charge is -2.11. The minimum atomic E-state index is -0.561. The first-order valence-corrected chi connectivity index (χ1v) is 11.1. The van der Waals surface area contributed by atoms with E-state index in [-0.39, 0.29) is 18.1 Å². The van der Waals surface area contributed by atoms with Gasteiger partial charge in [0.05, 0.1) is 17.3 Å². The number of hydrogen-bond donors (Lipinski definition) is 2. The van der Waals surface area contributed by atoms with Crippen molar-refractivity contribution < 1.29 is 19.1 Å². The Morgan fingerprint density at radius 2 is 1.85 bits per heavy atom. The van der Waals surface area contributed by atoms with Gasteiger partial charge in [-0.3, -0.25) is 9.59 Å². The Labute approximate surface area is 210 Å². The molecule has 0 aliphatic heterocycles. The molecule has 0 fully saturated rings. The van der Waals surface area contributed by atoms with Crippen LogP contribution in [-0.2, 0) is 9.59 Å². The van der Waals surface area contributed by atoms with Crippen molar-refractivity contribution in [1.82, 2.24) is 0 Å². The third kappa shape index (κ3) is 6.85. The lowest BCUT2D eigenvalue weighted by Crippen LogP contribution is -2.20. The monoisotopic (exact) mass is 539 g/mol. The molecule has 0 spiro atoms. The predicted molar refractivity (Wildman–Crippen MR) is 135 cm³/mol. The van der Waals surface area contributed by atoms with E-state index in [2.05, 4.69) is 26.6 Å². The molecule has 34 heavy (non-hydrogen) atoms. The molecule has 0 atom stereocenters. The average Bonchev–Trinajstić information content (AvgIpc) is 2.82. The summed E-state index contributed by atoms with van der Waals surface area (Å²) in [5.74, 6) is 0.0501. The maximum Gasteiger partial charge on any atom is 0.266 e. The molecule has 3 aromatic rings. The molecule has 2 N–H and O–H groups in total.